The van der Waals surface area contributed by atoms with Crippen molar-refractivity contribution in [1.82, 2.24) is 0 Å². The first-order chi connectivity index (χ1) is 8.08. The van der Waals surface area contributed by atoms with Crippen LogP contribution in [0.2, 0.25) is 0 Å². The molecule has 1 aromatic rings. The van der Waals surface area contributed by atoms with E-state index in [1.807, 2.05) is 11.8 Å². The van der Waals surface area contributed by atoms with Crippen molar-refractivity contribution >= 4 is 11.8 Å². The van der Waals surface area contributed by atoms with E-state index >= 15 is 0 Å². The highest BCUT2D eigenvalue weighted by molar-refractivity contribution is 7.99. The summed E-state index contributed by atoms with van der Waals surface area (Å²) in [4.78, 5) is 1.37. The van der Waals surface area contributed by atoms with Crippen molar-refractivity contribution in [1.29, 1.82) is 0 Å². The average Bonchev–Trinajstić information content (AvgIpc) is 2.53. The first kappa shape index (κ1) is 13.0. The summed E-state index contributed by atoms with van der Waals surface area (Å²) >= 11 is 1.95. The lowest BCUT2D eigenvalue weighted by molar-refractivity contribution is -0.0246. The molecule has 2 atom stereocenters. The van der Waals surface area contributed by atoms with Gasteiger partial charge in [-0.05, 0) is 57.4 Å². The van der Waals surface area contributed by atoms with Crippen LogP contribution in [0.25, 0.3) is 0 Å². The number of rotatable bonds is 4. The Labute approximate surface area is 109 Å². The summed E-state index contributed by atoms with van der Waals surface area (Å²) in [6.45, 7) is 6.65. The Morgan fingerprint density at radius 2 is 2.00 bits per heavy atom. The van der Waals surface area contributed by atoms with Gasteiger partial charge in [-0.1, -0.05) is 18.2 Å². The fraction of sp³-hybridized carbons (Fsp3) is 0.600. The van der Waals surface area contributed by atoms with Crippen LogP contribution in [0.5, 0.6) is 0 Å². The van der Waals surface area contributed by atoms with Crippen molar-refractivity contribution in [2.75, 3.05) is 5.75 Å². The van der Waals surface area contributed by atoms with Crippen molar-refractivity contribution < 1.29 is 4.74 Å². The molecule has 1 nitrogen and oxygen atoms in total. The fourth-order valence-corrected chi connectivity index (χ4v) is 3.64. The second-order valence-corrected chi connectivity index (χ2v) is 6.58. The van der Waals surface area contributed by atoms with E-state index in [1.165, 1.54) is 23.5 Å². The third-order valence-corrected chi connectivity index (χ3v) is 4.63. The van der Waals surface area contributed by atoms with Gasteiger partial charge in [0.15, 0.2) is 0 Å². The van der Waals surface area contributed by atoms with Crippen molar-refractivity contribution in [2.24, 2.45) is 5.92 Å². The van der Waals surface area contributed by atoms with E-state index in [0.29, 0.717) is 12.0 Å². The van der Waals surface area contributed by atoms with Crippen LogP contribution < -0.4 is 0 Å². The zero-order chi connectivity index (χ0) is 12.3. The molecule has 0 N–H and O–H groups in total. The summed E-state index contributed by atoms with van der Waals surface area (Å²) in [5, 5.41) is 0. The van der Waals surface area contributed by atoms with Crippen LogP contribution in [0.4, 0.5) is 0 Å². The number of hydrogen-bond acceptors (Lipinski definition) is 2. The van der Waals surface area contributed by atoms with Gasteiger partial charge in [0.05, 0.1) is 11.7 Å². The largest absolute Gasteiger partial charge is 0.372 e. The lowest BCUT2D eigenvalue weighted by Gasteiger charge is -2.25. The molecule has 94 valence electrons. The molecule has 1 aliphatic rings. The van der Waals surface area contributed by atoms with E-state index < -0.39 is 0 Å². The molecule has 0 spiro atoms. The molecule has 0 bridgehead atoms. The highest BCUT2D eigenvalue weighted by Gasteiger charge is 2.38. The van der Waals surface area contributed by atoms with Gasteiger partial charge >= 0.3 is 0 Å². The smallest absolute Gasteiger partial charge is 0.0659 e. The van der Waals surface area contributed by atoms with Gasteiger partial charge in [0.2, 0.25) is 0 Å². The molecular weight excluding hydrogens is 228 g/mol. The summed E-state index contributed by atoms with van der Waals surface area (Å²) in [7, 11) is 0. The summed E-state index contributed by atoms with van der Waals surface area (Å²) < 4.78 is 5.95. The van der Waals surface area contributed by atoms with Gasteiger partial charge in [0, 0.05) is 4.90 Å². The van der Waals surface area contributed by atoms with E-state index in [4.69, 9.17) is 4.74 Å². The molecule has 0 saturated carbocycles. The predicted molar refractivity (Wildman–Crippen MR) is 74.5 cm³/mol. The third-order valence-electron chi connectivity index (χ3n) is 3.58. The Morgan fingerprint density at radius 1 is 1.29 bits per heavy atom. The Morgan fingerprint density at radius 3 is 2.59 bits per heavy atom. The van der Waals surface area contributed by atoms with Gasteiger partial charge in [0.25, 0.3) is 0 Å². The van der Waals surface area contributed by atoms with Crippen LogP contribution in [-0.2, 0) is 4.74 Å². The molecule has 0 aliphatic carbocycles. The second kappa shape index (κ2) is 5.45. The fourth-order valence-electron chi connectivity index (χ4n) is 2.65. The van der Waals surface area contributed by atoms with E-state index in [0.717, 1.165) is 0 Å². The first-order valence-electron chi connectivity index (χ1n) is 6.43. The lowest BCUT2D eigenvalue weighted by atomic mass is 9.88. The van der Waals surface area contributed by atoms with Gasteiger partial charge < -0.3 is 4.74 Å². The Hall–Kier alpha value is -0.470. The molecular formula is C15H22OS. The van der Waals surface area contributed by atoms with E-state index in [1.54, 1.807) is 0 Å². The second-order valence-electron chi connectivity index (χ2n) is 5.41. The van der Waals surface area contributed by atoms with Crippen LogP contribution >= 0.6 is 11.8 Å². The molecule has 2 unspecified atom stereocenters. The van der Waals surface area contributed by atoms with Crippen molar-refractivity contribution in [3.8, 4) is 0 Å². The Bertz CT molecular complexity index is 347. The quantitative estimate of drug-likeness (QED) is 0.734. The van der Waals surface area contributed by atoms with Crippen molar-refractivity contribution in [3.05, 3.63) is 30.3 Å². The van der Waals surface area contributed by atoms with Crippen LogP contribution in [0, 0.1) is 5.92 Å². The first-order valence-corrected chi connectivity index (χ1v) is 7.42. The molecule has 2 heteroatoms. The molecule has 1 fully saturated rings. The maximum absolute atomic E-state index is 5.95. The molecule has 1 saturated heterocycles. The zero-order valence-electron chi connectivity index (χ0n) is 11.0. The van der Waals surface area contributed by atoms with Gasteiger partial charge in [-0.2, -0.15) is 0 Å². The maximum atomic E-state index is 5.95. The number of benzene rings is 1. The molecule has 2 rings (SSSR count). The van der Waals surface area contributed by atoms with Gasteiger partial charge in [-0.15, -0.1) is 11.8 Å². The molecule has 0 aromatic heterocycles. The summed E-state index contributed by atoms with van der Waals surface area (Å²) in [5.74, 6) is 1.89. The minimum Gasteiger partial charge on any atom is -0.372 e. The monoisotopic (exact) mass is 250 g/mol. The van der Waals surface area contributed by atoms with Crippen molar-refractivity contribution in [2.45, 2.75) is 50.2 Å². The average molecular weight is 250 g/mol. The number of ether oxygens (including phenoxy) is 1. The third kappa shape index (κ3) is 3.49. The van der Waals surface area contributed by atoms with Crippen LogP contribution in [0.3, 0.4) is 0 Å². The topological polar surface area (TPSA) is 9.23 Å². The van der Waals surface area contributed by atoms with Gasteiger partial charge in [-0.25, -0.2) is 0 Å². The van der Waals surface area contributed by atoms with E-state index in [-0.39, 0.29) is 5.60 Å². The molecule has 1 aromatic carbocycles. The summed E-state index contributed by atoms with van der Waals surface area (Å²) in [6, 6.07) is 10.6. The number of hydrogen-bond donors (Lipinski definition) is 0. The van der Waals surface area contributed by atoms with Crippen LogP contribution in [0.1, 0.15) is 33.6 Å². The summed E-state index contributed by atoms with van der Waals surface area (Å²) in [5.41, 5.74) is 0.0661. The maximum Gasteiger partial charge on any atom is 0.0659 e. The van der Waals surface area contributed by atoms with Crippen LogP contribution in [0.15, 0.2) is 35.2 Å². The normalized spacial score (nSPS) is 27.2. The molecule has 0 amide bonds. The zero-order valence-corrected chi connectivity index (χ0v) is 11.8. The van der Waals surface area contributed by atoms with Crippen LogP contribution in [-0.4, -0.2) is 17.5 Å². The van der Waals surface area contributed by atoms with Gasteiger partial charge in [0.1, 0.15) is 0 Å². The highest BCUT2D eigenvalue weighted by Crippen LogP contribution is 2.38. The minimum atomic E-state index is 0.0661. The molecule has 1 heterocycles. The van der Waals surface area contributed by atoms with Gasteiger partial charge in [-0.3, -0.25) is 0 Å². The Kier molecular flexibility index (Phi) is 4.16. The molecule has 1 aliphatic heterocycles. The van der Waals surface area contributed by atoms with E-state index in [9.17, 15) is 0 Å². The standard InChI is InChI=1S/C15H22OS/c1-12-11-13(15(2,3)16-12)9-10-17-14-7-5-4-6-8-14/h4-8,12-13H,9-11H2,1-3H3. The number of thioether (sulfide) groups is 1. The lowest BCUT2D eigenvalue weighted by Crippen LogP contribution is -2.27. The Balaban J connectivity index is 1.79. The molecule has 17 heavy (non-hydrogen) atoms. The highest BCUT2D eigenvalue weighted by atomic mass is 32.2. The minimum absolute atomic E-state index is 0.0661. The van der Waals surface area contributed by atoms with E-state index in [2.05, 4.69) is 51.1 Å². The SMILES string of the molecule is CC1CC(CCSc2ccccc2)C(C)(C)O1. The summed E-state index contributed by atoms with van der Waals surface area (Å²) in [6.07, 6.45) is 2.89. The predicted octanol–water partition coefficient (Wildman–Crippen LogP) is 4.37. The van der Waals surface area contributed by atoms with Crippen molar-refractivity contribution in [3.63, 3.8) is 0 Å². The molecule has 0 radical (unpaired) electrons.